The first-order chi connectivity index (χ1) is 19.1. The molecule has 2 rings (SSSR count). The van der Waals surface area contributed by atoms with E-state index in [1.807, 2.05) is 24.3 Å². The van der Waals surface area contributed by atoms with Crippen molar-refractivity contribution in [2.24, 2.45) is 5.92 Å². The molecule has 0 aliphatic heterocycles. The molecule has 2 aromatic rings. The highest BCUT2D eigenvalue weighted by Crippen LogP contribution is 2.24. The van der Waals surface area contributed by atoms with Crippen molar-refractivity contribution < 1.29 is 9.53 Å². The third-order valence-electron chi connectivity index (χ3n) is 8.23. The molecule has 0 heterocycles. The number of carbonyl (C=O) groups is 1. The van der Waals surface area contributed by atoms with Crippen molar-refractivity contribution in [3.8, 4) is 16.9 Å². The molecule has 1 atom stereocenters. The quantitative estimate of drug-likeness (QED) is 0.0805. The predicted octanol–water partition coefficient (Wildman–Crippen LogP) is 11.9. The van der Waals surface area contributed by atoms with Crippen LogP contribution in [0.15, 0.2) is 48.5 Å². The maximum absolute atomic E-state index is 12.3. The molecule has 0 fully saturated rings. The third-order valence-corrected chi connectivity index (χ3v) is 8.23. The van der Waals surface area contributed by atoms with E-state index in [0.29, 0.717) is 12.2 Å². The van der Waals surface area contributed by atoms with Crippen molar-refractivity contribution in [1.82, 2.24) is 0 Å². The lowest BCUT2D eigenvalue weighted by Crippen LogP contribution is -2.07. The normalized spacial score (nSPS) is 12.0. The largest absolute Gasteiger partial charge is 0.427 e. The summed E-state index contributed by atoms with van der Waals surface area (Å²) in [6, 6.07) is 16.8. The van der Waals surface area contributed by atoms with Crippen LogP contribution in [-0.4, -0.2) is 5.97 Å². The second-order valence-corrected chi connectivity index (χ2v) is 11.8. The summed E-state index contributed by atoms with van der Waals surface area (Å²) in [6.45, 7) is 6.87. The van der Waals surface area contributed by atoms with Crippen LogP contribution in [0.25, 0.3) is 11.1 Å². The minimum Gasteiger partial charge on any atom is -0.427 e. The average Bonchev–Trinajstić information content (AvgIpc) is 2.96. The van der Waals surface area contributed by atoms with Gasteiger partial charge >= 0.3 is 5.97 Å². The fourth-order valence-corrected chi connectivity index (χ4v) is 5.20. The van der Waals surface area contributed by atoms with Crippen molar-refractivity contribution in [1.29, 1.82) is 0 Å². The van der Waals surface area contributed by atoms with Gasteiger partial charge in [-0.25, -0.2) is 0 Å². The molecule has 0 aliphatic rings. The van der Waals surface area contributed by atoms with Crippen LogP contribution in [0.4, 0.5) is 0 Å². The summed E-state index contributed by atoms with van der Waals surface area (Å²) in [4.78, 5) is 12.3. The van der Waals surface area contributed by atoms with Crippen molar-refractivity contribution in [2.45, 2.75) is 149 Å². The van der Waals surface area contributed by atoms with E-state index in [0.717, 1.165) is 30.7 Å². The number of hydrogen-bond donors (Lipinski definition) is 0. The highest BCUT2D eigenvalue weighted by Gasteiger charge is 2.06. The molecule has 0 aliphatic carbocycles. The predicted molar refractivity (Wildman–Crippen MR) is 169 cm³/mol. The molecule has 0 amide bonds. The number of carbonyl (C=O) groups excluding carboxylic acids is 1. The Morgan fingerprint density at radius 1 is 0.615 bits per heavy atom. The molecule has 0 saturated carbocycles. The van der Waals surface area contributed by atoms with E-state index in [1.54, 1.807) is 0 Å². The van der Waals surface area contributed by atoms with Gasteiger partial charge in [-0.1, -0.05) is 160 Å². The van der Waals surface area contributed by atoms with Crippen LogP contribution < -0.4 is 4.74 Å². The number of benzene rings is 2. The van der Waals surface area contributed by atoms with Gasteiger partial charge in [0.1, 0.15) is 5.75 Å². The highest BCUT2D eigenvalue weighted by molar-refractivity contribution is 5.73. The number of hydrogen-bond acceptors (Lipinski definition) is 2. The van der Waals surface area contributed by atoms with E-state index in [1.165, 1.54) is 114 Å². The summed E-state index contributed by atoms with van der Waals surface area (Å²) >= 11 is 0. The number of ether oxygens (including phenoxy) is 1. The molecule has 0 saturated heterocycles. The Morgan fingerprint density at radius 2 is 1.05 bits per heavy atom. The van der Waals surface area contributed by atoms with Crippen LogP contribution in [0.5, 0.6) is 5.75 Å². The number of aryl methyl sites for hydroxylation is 1. The second-order valence-electron chi connectivity index (χ2n) is 11.8. The Labute approximate surface area is 241 Å². The monoisotopic (exact) mass is 534 g/mol. The van der Waals surface area contributed by atoms with Crippen LogP contribution in [0, 0.1) is 5.92 Å². The summed E-state index contributed by atoms with van der Waals surface area (Å²) in [5.74, 6) is 1.31. The van der Waals surface area contributed by atoms with Gasteiger partial charge in [0.25, 0.3) is 0 Å². The summed E-state index contributed by atoms with van der Waals surface area (Å²) in [6.07, 6.45) is 25.6. The molecule has 2 nitrogen and oxygen atoms in total. The molecule has 2 heteroatoms. The van der Waals surface area contributed by atoms with Gasteiger partial charge in [0.2, 0.25) is 0 Å². The molecule has 0 aromatic heterocycles. The second kappa shape index (κ2) is 21.7. The molecule has 0 spiro atoms. The molecule has 1 unspecified atom stereocenters. The van der Waals surface area contributed by atoms with Crippen molar-refractivity contribution in [2.75, 3.05) is 0 Å². The fourth-order valence-electron chi connectivity index (χ4n) is 5.20. The number of unbranched alkanes of at least 4 members (excludes halogenated alkanes) is 15. The fraction of sp³-hybridized carbons (Fsp3) is 0.649. The molecule has 2 aromatic carbocycles. The van der Waals surface area contributed by atoms with Crippen LogP contribution in [0.3, 0.4) is 0 Å². The van der Waals surface area contributed by atoms with Gasteiger partial charge in [-0.2, -0.15) is 0 Å². The summed E-state index contributed by atoms with van der Waals surface area (Å²) in [5.41, 5.74) is 3.76. The van der Waals surface area contributed by atoms with Gasteiger partial charge in [-0.3, -0.25) is 4.79 Å². The van der Waals surface area contributed by atoms with E-state index in [2.05, 4.69) is 45.0 Å². The average molecular weight is 535 g/mol. The Kier molecular flexibility index (Phi) is 18.4. The molecule has 39 heavy (non-hydrogen) atoms. The molecular weight excluding hydrogens is 476 g/mol. The van der Waals surface area contributed by atoms with Crippen LogP contribution >= 0.6 is 0 Å². The first kappa shape index (κ1) is 33.1. The Bertz CT molecular complexity index is 852. The lowest BCUT2D eigenvalue weighted by molar-refractivity contribution is -0.134. The highest BCUT2D eigenvalue weighted by atomic mass is 16.5. The summed E-state index contributed by atoms with van der Waals surface area (Å²) in [7, 11) is 0. The van der Waals surface area contributed by atoms with Gasteiger partial charge in [-0.05, 0) is 54.0 Å². The zero-order valence-corrected chi connectivity index (χ0v) is 25.7. The van der Waals surface area contributed by atoms with E-state index >= 15 is 0 Å². The lowest BCUT2D eigenvalue weighted by Gasteiger charge is -2.09. The topological polar surface area (TPSA) is 26.3 Å². The maximum atomic E-state index is 12.3. The van der Waals surface area contributed by atoms with E-state index in [9.17, 15) is 4.79 Å². The van der Waals surface area contributed by atoms with Crippen LogP contribution in [0.2, 0.25) is 0 Å². The van der Waals surface area contributed by atoms with E-state index < -0.39 is 0 Å². The minimum atomic E-state index is -0.112. The first-order valence-corrected chi connectivity index (χ1v) is 16.5. The van der Waals surface area contributed by atoms with E-state index in [4.69, 9.17) is 4.74 Å². The smallest absolute Gasteiger partial charge is 0.311 e. The molecular formula is C37H58O2. The first-order valence-electron chi connectivity index (χ1n) is 16.5. The Balaban J connectivity index is 1.48. The summed E-state index contributed by atoms with van der Waals surface area (Å²) in [5, 5.41) is 0. The Hall–Kier alpha value is -2.09. The standard InChI is InChI=1S/C37H58O2/c1-4-6-7-8-9-10-11-12-13-14-15-16-17-18-19-20-21-37(38)39-36-30-28-35(29-31-36)34-26-24-33(25-27-34)23-22-32(3)5-2/h24-32H,4-23H2,1-3H3. The lowest BCUT2D eigenvalue weighted by atomic mass is 9.97. The molecule has 0 bridgehead atoms. The van der Waals surface area contributed by atoms with E-state index in [-0.39, 0.29) is 5.97 Å². The van der Waals surface area contributed by atoms with Crippen molar-refractivity contribution in [3.63, 3.8) is 0 Å². The number of rotatable bonds is 23. The third kappa shape index (κ3) is 15.9. The van der Waals surface area contributed by atoms with Crippen LogP contribution in [0.1, 0.15) is 148 Å². The maximum Gasteiger partial charge on any atom is 0.311 e. The SMILES string of the molecule is CCCCCCCCCCCCCCCCCCC(=O)Oc1ccc(-c2ccc(CCC(C)CC)cc2)cc1. The van der Waals surface area contributed by atoms with Gasteiger partial charge in [-0.15, -0.1) is 0 Å². The van der Waals surface area contributed by atoms with Gasteiger partial charge < -0.3 is 4.74 Å². The van der Waals surface area contributed by atoms with Gasteiger partial charge in [0.15, 0.2) is 0 Å². The van der Waals surface area contributed by atoms with Crippen LogP contribution in [-0.2, 0) is 11.2 Å². The number of esters is 1. The molecule has 218 valence electrons. The van der Waals surface area contributed by atoms with Gasteiger partial charge in [0, 0.05) is 6.42 Å². The van der Waals surface area contributed by atoms with Crippen molar-refractivity contribution in [3.05, 3.63) is 54.1 Å². The zero-order valence-electron chi connectivity index (χ0n) is 25.7. The zero-order chi connectivity index (χ0) is 28.0. The Morgan fingerprint density at radius 3 is 1.51 bits per heavy atom. The van der Waals surface area contributed by atoms with Crippen molar-refractivity contribution >= 4 is 5.97 Å². The minimum absolute atomic E-state index is 0.112. The summed E-state index contributed by atoms with van der Waals surface area (Å²) < 4.78 is 5.57. The van der Waals surface area contributed by atoms with Gasteiger partial charge in [0.05, 0.1) is 0 Å². The molecule has 0 N–H and O–H groups in total. The molecule has 0 radical (unpaired) electrons.